The number of carboxylic acids is 1. The van der Waals surface area contributed by atoms with Gasteiger partial charge >= 0.3 is 5.97 Å². The predicted octanol–water partition coefficient (Wildman–Crippen LogP) is 0.925. The van der Waals surface area contributed by atoms with Gasteiger partial charge in [-0.15, -0.1) is 0 Å². The minimum atomic E-state index is -0.699. The second-order valence-corrected chi connectivity index (χ2v) is 4.24. The number of hydrogen-bond acceptors (Lipinski definition) is 3. The molecule has 88 valence electrons. The lowest BCUT2D eigenvalue weighted by molar-refractivity contribution is -0.137. The van der Waals surface area contributed by atoms with Gasteiger partial charge in [0.2, 0.25) is 0 Å². The average molecular weight is 214 g/mol. The van der Waals surface area contributed by atoms with E-state index < -0.39 is 5.97 Å². The first kappa shape index (κ1) is 12.5. The van der Waals surface area contributed by atoms with Crippen LogP contribution < -0.4 is 5.32 Å². The third kappa shape index (κ3) is 5.14. The third-order valence-corrected chi connectivity index (χ3v) is 2.82. The fourth-order valence-electron chi connectivity index (χ4n) is 2.09. The van der Waals surface area contributed by atoms with Gasteiger partial charge in [-0.25, -0.2) is 0 Å². The number of nitrogens with zero attached hydrogens (tertiary/aromatic N) is 1. The van der Waals surface area contributed by atoms with E-state index in [0.29, 0.717) is 12.6 Å². The van der Waals surface area contributed by atoms with Crippen LogP contribution in [0.15, 0.2) is 0 Å². The number of hydrogen-bond donors (Lipinski definition) is 2. The normalized spacial score (nSPS) is 21.1. The Balaban J connectivity index is 2.25. The molecule has 0 bridgehead atoms. The maximum Gasteiger partial charge on any atom is 0.304 e. The van der Waals surface area contributed by atoms with Crippen molar-refractivity contribution in [1.29, 1.82) is 0 Å². The standard InChI is InChI=1S/C11H22N2O2/c1-2-7-13(8-5-11(14)15)9-10-4-3-6-12-10/h10,12H,2-9H2,1H3,(H,14,15). The highest BCUT2D eigenvalue weighted by atomic mass is 16.4. The van der Waals surface area contributed by atoms with E-state index in [1.165, 1.54) is 12.8 Å². The summed E-state index contributed by atoms with van der Waals surface area (Å²) >= 11 is 0. The van der Waals surface area contributed by atoms with Gasteiger partial charge in [-0.2, -0.15) is 0 Å². The first-order chi connectivity index (χ1) is 7.22. The molecular formula is C11H22N2O2. The van der Waals surface area contributed by atoms with Gasteiger partial charge in [-0.3, -0.25) is 4.79 Å². The molecule has 0 aliphatic carbocycles. The van der Waals surface area contributed by atoms with E-state index in [2.05, 4.69) is 17.1 Å². The van der Waals surface area contributed by atoms with Crippen molar-refractivity contribution in [3.05, 3.63) is 0 Å². The molecule has 1 atom stereocenters. The van der Waals surface area contributed by atoms with Crippen molar-refractivity contribution < 1.29 is 9.90 Å². The first-order valence-corrected chi connectivity index (χ1v) is 5.90. The van der Waals surface area contributed by atoms with E-state index in [0.717, 1.165) is 26.1 Å². The molecule has 1 saturated heterocycles. The average Bonchev–Trinajstić information content (AvgIpc) is 2.67. The number of carboxylic acid groups (broad SMARTS) is 1. The molecule has 1 unspecified atom stereocenters. The molecule has 1 rings (SSSR count). The van der Waals surface area contributed by atoms with Crippen LogP contribution in [0, 0.1) is 0 Å². The lowest BCUT2D eigenvalue weighted by Gasteiger charge is -2.24. The van der Waals surface area contributed by atoms with E-state index in [4.69, 9.17) is 5.11 Å². The second kappa shape index (κ2) is 6.80. The molecule has 1 aliphatic heterocycles. The number of nitrogens with one attached hydrogen (secondary N) is 1. The molecule has 0 amide bonds. The number of carbonyl (C=O) groups is 1. The van der Waals surface area contributed by atoms with Crippen molar-refractivity contribution in [1.82, 2.24) is 10.2 Å². The molecule has 0 aromatic heterocycles. The lowest BCUT2D eigenvalue weighted by atomic mass is 10.2. The van der Waals surface area contributed by atoms with Gasteiger partial charge in [0.05, 0.1) is 6.42 Å². The molecule has 4 nitrogen and oxygen atoms in total. The summed E-state index contributed by atoms with van der Waals surface area (Å²) in [6.45, 7) is 5.94. The maximum atomic E-state index is 10.5. The van der Waals surface area contributed by atoms with Crippen LogP contribution in [0.2, 0.25) is 0 Å². The van der Waals surface area contributed by atoms with E-state index in [1.54, 1.807) is 0 Å². The van der Waals surface area contributed by atoms with E-state index >= 15 is 0 Å². The van der Waals surface area contributed by atoms with Crippen LogP contribution in [0.25, 0.3) is 0 Å². The smallest absolute Gasteiger partial charge is 0.304 e. The number of rotatable bonds is 7. The van der Waals surface area contributed by atoms with Gasteiger partial charge in [0, 0.05) is 19.1 Å². The molecule has 1 heterocycles. The molecule has 4 heteroatoms. The van der Waals surface area contributed by atoms with E-state index in [1.807, 2.05) is 0 Å². The summed E-state index contributed by atoms with van der Waals surface area (Å²) in [7, 11) is 0. The topological polar surface area (TPSA) is 52.6 Å². The van der Waals surface area contributed by atoms with Gasteiger partial charge in [0.25, 0.3) is 0 Å². The van der Waals surface area contributed by atoms with Crippen molar-refractivity contribution in [2.45, 2.75) is 38.6 Å². The van der Waals surface area contributed by atoms with Gasteiger partial charge < -0.3 is 15.3 Å². The Bertz CT molecular complexity index is 191. The van der Waals surface area contributed by atoms with Crippen molar-refractivity contribution >= 4 is 5.97 Å². The quantitative estimate of drug-likeness (QED) is 0.662. The third-order valence-electron chi connectivity index (χ3n) is 2.82. The Labute approximate surface area is 91.6 Å². The molecule has 1 fully saturated rings. The minimum absolute atomic E-state index is 0.257. The van der Waals surface area contributed by atoms with Crippen LogP contribution in [-0.2, 0) is 4.79 Å². The molecule has 15 heavy (non-hydrogen) atoms. The second-order valence-electron chi connectivity index (χ2n) is 4.24. The van der Waals surface area contributed by atoms with Crippen LogP contribution in [0.3, 0.4) is 0 Å². The van der Waals surface area contributed by atoms with Crippen molar-refractivity contribution in [3.63, 3.8) is 0 Å². The van der Waals surface area contributed by atoms with Crippen molar-refractivity contribution in [2.75, 3.05) is 26.2 Å². The summed E-state index contributed by atoms with van der Waals surface area (Å²) in [6.07, 6.45) is 3.83. The Hall–Kier alpha value is -0.610. The Morgan fingerprint density at radius 1 is 1.53 bits per heavy atom. The molecule has 0 spiro atoms. The monoisotopic (exact) mass is 214 g/mol. The van der Waals surface area contributed by atoms with Gasteiger partial charge in [-0.05, 0) is 32.4 Å². The first-order valence-electron chi connectivity index (χ1n) is 5.90. The highest BCUT2D eigenvalue weighted by Gasteiger charge is 2.17. The summed E-state index contributed by atoms with van der Waals surface area (Å²) in [5.41, 5.74) is 0. The fourth-order valence-corrected chi connectivity index (χ4v) is 2.09. The predicted molar refractivity (Wildman–Crippen MR) is 60.0 cm³/mol. The van der Waals surface area contributed by atoms with Crippen molar-refractivity contribution in [3.8, 4) is 0 Å². The SMILES string of the molecule is CCCN(CCC(=O)O)CC1CCCN1. The summed E-state index contributed by atoms with van der Waals surface area (Å²) in [4.78, 5) is 12.8. The summed E-state index contributed by atoms with van der Waals surface area (Å²) in [5, 5.41) is 12.1. The van der Waals surface area contributed by atoms with Crippen LogP contribution >= 0.6 is 0 Å². The maximum absolute atomic E-state index is 10.5. The Morgan fingerprint density at radius 2 is 2.33 bits per heavy atom. The zero-order valence-corrected chi connectivity index (χ0v) is 9.54. The highest BCUT2D eigenvalue weighted by Crippen LogP contribution is 2.07. The summed E-state index contributed by atoms with van der Waals surface area (Å²) in [5.74, 6) is -0.699. The molecule has 0 radical (unpaired) electrons. The van der Waals surface area contributed by atoms with Crippen LogP contribution in [0.5, 0.6) is 0 Å². The van der Waals surface area contributed by atoms with Gasteiger partial charge in [0.15, 0.2) is 0 Å². The van der Waals surface area contributed by atoms with E-state index in [9.17, 15) is 4.79 Å². The zero-order valence-electron chi connectivity index (χ0n) is 9.54. The van der Waals surface area contributed by atoms with Gasteiger partial charge in [-0.1, -0.05) is 6.92 Å². The van der Waals surface area contributed by atoms with Gasteiger partial charge in [0.1, 0.15) is 0 Å². The minimum Gasteiger partial charge on any atom is -0.481 e. The largest absolute Gasteiger partial charge is 0.481 e. The van der Waals surface area contributed by atoms with Crippen molar-refractivity contribution in [2.24, 2.45) is 0 Å². The molecule has 2 N–H and O–H groups in total. The molecular weight excluding hydrogens is 192 g/mol. The molecule has 0 saturated carbocycles. The molecule has 1 aliphatic rings. The van der Waals surface area contributed by atoms with Crippen LogP contribution in [-0.4, -0.2) is 48.2 Å². The zero-order chi connectivity index (χ0) is 11.1. The van der Waals surface area contributed by atoms with Crippen LogP contribution in [0.4, 0.5) is 0 Å². The lowest BCUT2D eigenvalue weighted by Crippen LogP contribution is -2.39. The molecule has 0 aromatic rings. The number of aliphatic carboxylic acids is 1. The molecule has 0 aromatic carbocycles. The van der Waals surface area contributed by atoms with Crippen LogP contribution in [0.1, 0.15) is 32.6 Å². The summed E-state index contributed by atoms with van der Waals surface area (Å²) in [6, 6.07) is 0.574. The Kier molecular flexibility index (Phi) is 5.65. The fraction of sp³-hybridized carbons (Fsp3) is 0.909. The van der Waals surface area contributed by atoms with E-state index in [-0.39, 0.29) is 6.42 Å². The Morgan fingerprint density at radius 3 is 2.87 bits per heavy atom. The summed E-state index contributed by atoms with van der Waals surface area (Å²) < 4.78 is 0. The highest BCUT2D eigenvalue weighted by molar-refractivity contribution is 5.66.